The van der Waals surface area contributed by atoms with E-state index in [1.807, 2.05) is 80.6 Å². The van der Waals surface area contributed by atoms with Gasteiger partial charge < -0.3 is 0 Å². The van der Waals surface area contributed by atoms with Crippen LogP contribution in [0.25, 0.3) is 56.2 Å². The molecule has 2 heterocycles. The second-order valence-electron chi connectivity index (χ2n) is 9.70. The summed E-state index contributed by atoms with van der Waals surface area (Å²) in [5.41, 5.74) is 11.9. The SMILES string of the molecule is Cc1ccc(-c2nc(-c3ccccc3)c(-c3ccccc3)nc2-c2ccc(-c3ccc(C#N)cc3)cc2)c(C)n1. The van der Waals surface area contributed by atoms with Crippen molar-refractivity contribution in [2.24, 2.45) is 0 Å². The smallest absolute Gasteiger partial charge is 0.0991 e. The van der Waals surface area contributed by atoms with Crippen molar-refractivity contribution >= 4 is 0 Å². The first-order valence-electron chi connectivity index (χ1n) is 13.2. The van der Waals surface area contributed by atoms with Gasteiger partial charge in [0, 0.05) is 33.6 Å². The summed E-state index contributed by atoms with van der Waals surface area (Å²) in [6, 6.07) is 42.7. The van der Waals surface area contributed by atoms with Crippen molar-refractivity contribution < 1.29 is 0 Å². The standard InChI is InChI=1S/C36H26N4/c1-24-13-22-32(25(2)38-24)36-35(31-20-18-28(19-21-31)27-16-14-26(23-37)15-17-27)39-33(29-9-5-3-6-10-29)34(40-36)30-11-7-4-8-12-30/h3-22H,1-2H3. The molecule has 0 spiro atoms. The number of hydrogen-bond acceptors (Lipinski definition) is 4. The van der Waals surface area contributed by atoms with Gasteiger partial charge in [-0.05, 0) is 49.2 Å². The van der Waals surface area contributed by atoms with Crippen molar-refractivity contribution in [2.75, 3.05) is 0 Å². The van der Waals surface area contributed by atoms with E-state index in [0.717, 1.165) is 67.5 Å². The number of nitrogens with zero attached hydrogens (tertiary/aromatic N) is 4. The van der Waals surface area contributed by atoms with E-state index in [1.165, 1.54) is 0 Å². The molecule has 40 heavy (non-hydrogen) atoms. The summed E-state index contributed by atoms with van der Waals surface area (Å²) in [6.07, 6.45) is 0. The lowest BCUT2D eigenvalue weighted by molar-refractivity contribution is 1.11. The highest BCUT2D eigenvalue weighted by Gasteiger charge is 2.20. The van der Waals surface area contributed by atoms with Gasteiger partial charge in [0.1, 0.15) is 0 Å². The molecule has 0 fully saturated rings. The molecule has 0 radical (unpaired) electrons. The fourth-order valence-electron chi connectivity index (χ4n) is 4.91. The zero-order valence-corrected chi connectivity index (χ0v) is 22.3. The third kappa shape index (κ3) is 4.89. The Labute approximate surface area is 234 Å². The van der Waals surface area contributed by atoms with Crippen LogP contribution in [0.3, 0.4) is 0 Å². The molecule has 4 nitrogen and oxygen atoms in total. The summed E-state index contributed by atoms with van der Waals surface area (Å²) in [7, 11) is 0. The first-order chi connectivity index (χ1) is 19.6. The summed E-state index contributed by atoms with van der Waals surface area (Å²) in [6.45, 7) is 4.02. The van der Waals surface area contributed by atoms with Crippen molar-refractivity contribution in [1.29, 1.82) is 5.26 Å². The number of benzene rings is 4. The lowest BCUT2D eigenvalue weighted by atomic mass is 9.97. The van der Waals surface area contributed by atoms with E-state index < -0.39 is 0 Å². The van der Waals surface area contributed by atoms with Crippen LogP contribution in [0.5, 0.6) is 0 Å². The van der Waals surface area contributed by atoms with Crippen molar-refractivity contribution in [2.45, 2.75) is 13.8 Å². The molecule has 2 aromatic heterocycles. The molecular formula is C36H26N4. The summed E-state index contributed by atoms with van der Waals surface area (Å²) < 4.78 is 0. The first kappa shape index (κ1) is 24.9. The molecule has 0 aliphatic carbocycles. The maximum atomic E-state index is 9.15. The Morgan fingerprint density at radius 2 is 0.900 bits per heavy atom. The van der Waals surface area contributed by atoms with E-state index in [0.29, 0.717) is 5.56 Å². The van der Waals surface area contributed by atoms with Crippen LogP contribution in [0.4, 0.5) is 0 Å². The Morgan fingerprint density at radius 3 is 1.43 bits per heavy atom. The maximum absolute atomic E-state index is 9.15. The second kappa shape index (κ2) is 10.8. The topological polar surface area (TPSA) is 62.5 Å². The molecule has 0 saturated carbocycles. The summed E-state index contributed by atoms with van der Waals surface area (Å²) in [5.74, 6) is 0. The Morgan fingerprint density at radius 1 is 0.450 bits per heavy atom. The zero-order valence-electron chi connectivity index (χ0n) is 22.3. The Balaban J connectivity index is 1.58. The van der Waals surface area contributed by atoms with Crippen LogP contribution in [-0.4, -0.2) is 15.0 Å². The quantitative estimate of drug-likeness (QED) is 0.231. The van der Waals surface area contributed by atoms with Crippen molar-refractivity contribution in [3.8, 4) is 62.2 Å². The van der Waals surface area contributed by atoms with E-state index in [9.17, 15) is 0 Å². The molecule has 4 heteroatoms. The maximum Gasteiger partial charge on any atom is 0.0991 e. The molecule has 0 atom stereocenters. The van der Waals surface area contributed by atoms with E-state index in [1.54, 1.807) is 0 Å². The van der Waals surface area contributed by atoms with Crippen LogP contribution in [0.15, 0.2) is 121 Å². The molecule has 4 aromatic carbocycles. The highest BCUT2D eigenvalue weighted by molar-refractivity contribution is 5.87. The molecule has 0 amide bonds. The predicted octanol–water partition coefficient (Wildman–Crippen LogP) is 8.70. The average Bonchev–Trinajstić information content (AvgIpc) is 3.01. The van der Waals surface area contributed by atoms with Crippen LogP contribution in [0.1, 0.15) is 17.0 Å². The highest BCUT2D eigenvalue weighted by Crippen LogP contribution is 2.38. The highest BCUT2D eigenvalue weighted by atomic mass is 14.9. The minimum Gasteiger partial charge on any atom is -0.258 e. The van der Waals surface area contributed by atoms with Crippen LogP contribution >= 0.6 is 0 Å². The van der Waals surface area contributed by atoms with Crippen LogP contribution < -0.4 is 0 Å². The van der Waals surface area contributed by atoms with Gasteiger partial charge in [-0.1, -0.05) is 97.1 Å². The van der Waals surface area contributed by atoms with Gasteiger partial charge in [-0.25, -0.2) is 9.97 Å². The van der Waals surface area contributed by atoms with E-state index in [2.05, 4.69) is 60.7 Å². The number of aromatic nitrogens is 3. The molecule has 0 bridgehead atoms. The Bertz CT molecular complexity index is 1840. The van der Waals surface area contributed by atoms with Gasteiger partial charge in [0.15, 0.2) is 0 Å². The fraction of sp³-hybridized carbons (Fsp3) is 0.0556. The van der Waals surface area contributed by atoms with Crippen molar-refractivity contribution in [3.63, 3.8) is 0 Å². The van der Waals surface area contributed by atoms with Crippen molar-refractivity contribution in [3.05, 3.63) is 138 Å². The van der Waals surface area contributed by atoms with E-state index >= 15 is 0 Å². The van der Waals surface area contributed by atoms with Crippen LogP contribution in [0.2, 0.25) is 0 Å². The number of hydrogen-bond donors (Lipinski definition) is 0. The number of pyridine rings is 1. The molecule has 0 saturated heterocycles. The van der Waals surface area contributed by atoms with Gasteiger partial charge in [-0.2, -0.15) is 5.26 Å². The molecular weight excluding hydrogens is 488 g/mol. The molecule has 0 aliphatic rings. The van der Waals surface area contributed by atoms with Gasteiger partial charge in [0.25, 0.3) is 0 Å². The zero-order chi connectivity index (χ0) is 27.5. The predicted molar refractivity (Wildman–Crippen MR) is 161 cm³/mol. The minimum atomic E-state index is 0.648. The van der Waals surface area contributed by atoms with E-state index in [-0.39, 0.29) is 0 Å². The number of aryl methyl sites for hydroxylation is 2. The van der Waals surface area contributed by atoms with Gasteiger partial charge in [-0.15, -0.1) is 0 Å². The fourth-order valence-corrected chi connectivity index (χ4v) is 4.91. The van der Waals surface area contributed by atoms with Gasteiger partial charge in [0.05, 0.1) is 34.4 Å². The molecule has 0 aliphatic heterocycles. The first-order valence-corrected chi connectivity index (χ1v) is 13.2. The van der Waals surface area contributed by atoms with Gasteiger partial charge in [-0.3, -0.25) is 4.98 Å². The van der Waals surface area contributed by atoms with Crippen LogP contribution in [-0.2, 0) is 0 Å². The lowest BCUT2D eigenvalue weighted by Gasteiger charge is -2.17. The molecule has 6 rings (SSSR count). The second-order valence-corrected chi connectivity index (χ2v) is 9.70. The number of nitriles is 1. The summed E-state index contributed by atoms with van der Waals surface area (Å²) in [5, 5.41) is 9.15. The lowest BCUT2D eigenvalue weighted by Crippen LogP contribution is -2.02. The Hall–Kier alpha value is -5.40. The van der Waals surface area contributed by atoms with Crippen LogP contribution in [0, 0.1) is 25.2 Å². The molecule has 190 valence electrons. The summed E-state index contributed by atoms with van der Waals surface area (Å²) in [4.78, 5) is 15.4. The summed E-state index contributed by atoms with van der Waals surface area (Å²) >= 11 is 0. The third-order valence-electron chi connectivity index (χ3n) is 6.98. The average molecular weight is 515 g/mol. The minimum absolute atomic E-state index is 0.648. The largest absolute Gasteiger partial charge is 0.258 e. The van der Waals surface area contributed by atoms with E-state index in [4.69, 9.17) is 20.2 Å². The van der Waals surface area contributed by atoms with Gasteiger partial charge >= 0.3 is 0 Å². The Kier molecular flexibility index (Phi) is 6.70. The monoisotopic (exact) mass is 514 g/mol. The normalized spacial score (nSPS) is 10.7. The molecule has 0 N–H and O–H groups in total. The van der Waals surface area contributed by atoms with Gasteiger partial charge in [0.2, 0.25) is 0 Å². The van der Waals surface area contributed by atoms with Crippen molar-refractivity contribution in [1.82, 2.24) is 15.0 Å². The molecule has 6 aromatic rings. The molecule has 0 unspecified atom stereocenters. The third-order valence-corrected chi connectivity index (χ3v) is 6.98. The number of rotatable bonds is 5.